The summed E-state index contributed by atoms with van der Waals surface area (Å²) in [5, 5.41) is 3.63. The molecule has 0 radical (unpaired) electrons. The van der Waals surface area contributed by atoms with Crippen LogP contribution in [0.25, 0.3) is 0 Å². The van der Waals surface area contributed by atoms with Crippen LogP contribution in [0.2, 0.25) is 0 Å². The van der Waals surface area contributed by atoms with Gasteiger partial charge in [-0.2, -0.15) is 0 Å². The van der Waals surface area contributed by atoms with Gasteiger partial charge in [-0.3, -0.25) is 0 Å². The number of hydrogen-bond acceptors (Lipinski definition) is 2. The largest absolute Gasteiger partial charge is 0.465 e. The first-order chi connectivity index (χ1) is 8.60. The molecular formula is C16H27NO. The van der Waals surface area contributed by atoms with Gasteiger partial charge in [0.1, 0.15) is 11.5 Å². The molecule has 2 heteroatoms. The van der Waals surface area contributed by atoms with Gasteiger partial charge >= 0.3 is 0 Å². The van der Waals surface area contributed by atoms with Crippen LogP contribution in [0.1, 0.15) is 57.6 Å². The molecule has 1 aromatic heterocycles. The Hall–Kier alpha value is -0.760. The smallest absolute Gasteiger partial charge is 0.121 e. The summed E-state index contributed by atoms with van der Waals surface area (Å²) in [6.07, 6.45) is 4.02. The van der Waals surface area contributed by atoms with Gasteiger partial charge in [-0.25, -0.2) is 0 Å². The average Bonchev–Trinajstić information content (AvgIpc) is 2.71. The maximum Gasteiger partial charge on any atom is 0.121 e. The van der Waals surface area contributed by atoms with Gasteiger partial charge in [0, 0.05) is 0 Å². The zero-order valence-corrected chi connectivity index (χ0v) is 12.2. The molecule has 2 rings (SSSR count). The highest BCUT2D eigenvalue weighted by atomic mass is 16.3. The first kappa shape index (κ1) is 13.7. The monoisotopic (exact) mass is 249 g/mol. The van der Waals surface area contributed by atoms with E-state index in [4.69, 9.17) is 4.42 Å². The van der Waals surface area contributed by atoms with Crippen molar-refractivity contribution >= 4 is 0 Å². The molecule has 102 valence electrons. The summed E-state index contributed by atoms with van der Waals surface area (Å²) in [5.41, 5.74) is 0. The Labute approximate surface area is 111 Å². The highest BCUT2D eigenvalue weighted by Crippen LogP contribution is 2.40. The van der Waals surface area contributed by atoms with E-state index in [0.29, 0.717) is 12.0 Å². The Balaban J connectivity index is 2.14. The van der Waals surface area contributed by atoms with Crippen molar-refractivity contribution in [1.82, 2.24) is 5.32 Å². The van der Waals surface area contributed by atoms with Gasteiger partial charge in [0.05, 0.1) is 6.04 Å². The van der Waals surface area contributed by atoms with Crippen molar-refractivity contribution in [2.75, 3.05) is 6.54 Å². The zero-order valence-electron chi connectivity index (χ0n) is 12.2. The lowest BCUT2D eigenvalue weighted by atomic mass is 9.73. The normalized spacial score (nSPS) is 30.3. The third kappa shape index (κ3) is 3.17. The van der Waals surface area contributed by atoms with Crippen molar-refractivity contribution in [3.8, 4) is 0 Å². The summed E-state index contributed by atoms with van der Waals surface area (Å²) in [6, 6.07) is 4.62. The van der Waals surface area contributed by atoms with Crippen molar-refractivity contribution in [2.24, 2.45) is 17.8 Å². The van der Waals surface area contributed by atoms with Crippen LogP contribution in [0.3, 0.4) is 0 Å². The fraction of sp³-hybridized carbons (Fsp3) is 0.750. The van der Waals surface area contributed by atoms with Crippen molar-refractivity contribution in [1.29, 1.82) is 0 Å². The van der Waals surface area contributed by atoms with Gasteiger partial charge < -0.3 is 9.73 Å². The standard InChI is InChI=1S/C16H27NO/c1-5-17-16(15-7-6-13(4)18-15)14-9-11(2)8-12(3)10-14/h6-7,11-12,14,16-17H,5,8-10H2,1-4H3. The third-order valence-corrected chi connectivity index (χ3v) is 4.18. The Morgan fingerprint density at radius 1 is 1.22 bits per heavy atom. The lowest BCUT2D eigenvalue weighted by Gasteiger charge is -2.36. The molecule has 0 bridgehead atoms. The molecule has 18 heavy (non-hydrogen) atoms. The Kier molecular flexibility index (Phi) is 4.50. The summed E-state index contributed by atoms with van der Waals surface area (Å²) < 4.78 is 5.86. The highest BCUT2D eigenvalue weighted by molar-refractivity contribution is 5.11. The third-order valence-electron chi connectivity index (χ3n) is 4.18. The minimum Gasteiger partial charge on any atom is -0.465 e. The lowest BCUT2D eigenvalue weighted by Crippen LogP contribution is -2.33. The van der Waals surface area contributed by atoms with E-state index in [1.165, 1.54) is 19.3 Å². The van der Waals surface area contributed by atoms with E-state index >= 15 is 0 Å². The van der Waals surface area contributed by atoms with Crippen LogP contribution in [-0.4, -0.2) is 6.54 Å². The van der Waals surface area contributed by atoms with Gasteiger partial charge in [-0.1, -0.05) is 20.8 Å². The molecule has 1 aromatic rings. The first-order valence-corrected chi connectivity index (χ1v) is 7.39. The van der Waals surface area contributed by atoms with Crippen LogP contribution in [0.4, 0.5) is 0 Å². The quantitative estimate of drug-likeness (QED) is 0.860. The fourth-order valence-corrected chi connectivity index (χ4v) is 3.62. The van der Waals surface area contributed by atoms with E-state index in [1.54, 1.807) is 0 Å². The number of aryl methyl sites for hydroxylation is 1. The van der Waals surface area contributed by atoms with Crippen molar-refractivity contribution in [2.45, 2.75) is 53.0 Å². The summed E-state index contributed by atoms with van der Waals surface area (Å²) in [6.45, 7) is 9.99. The van der Waals surface area contributed by atoms with E-state index in [2.05, 4.69) is 38.2 Å². The molecule has 1 aliphatic rings. The second kappa shape index (κ2) is 5.92. The summed E-state index contributed by atoms with van der Waals surface area (Å²) >= 11 is 0. The van der Waals surface area contributed by atoms with Crippen molar-refractivity contribution < 1.29 is 4.42 Å². The van der Waals surface area contributed by atoms with E-state index in [-0.39, 0.29) is 0 Å². The minimum absolute atomic E-state index is 0.397. The summed E-state index contributed by atoms with van der Waals surface area (Å²) in [7, 11) is 0. The number of rotatable bonds is 4. The number of furan rings is 1. The zero-order chi connectivity index (χ0) is 13.1. The van der Waals surface area contributed by atoms with Crippen LogP contribution >= 0.6 is 0 Å². The molecule has 0 aromatic carbocycles. The van der Waals surface area contributed by atoms with Crippen LogP contribution < -0.4 is 5.32 Å². The molecule has 1 heterocycles. The van der Waals surface area contributed by atoms with Gasteiger partial charge in [-0.15, -0.1) is 0 Å². The SMILES string of the molecule is CCNC(c1ccc(C)o1)C1CC(C)CC(C)C1. The summed E-state index contributed by atoms with van der Waals surface area (Å²) in [5.74, 6) is 4.55. The van der Waals surface area contributed by atoms with Crippen molar-refractivity contribution in [3.63, 3.8) is 0 Å². The van der Waals surface area contributed by atoms with E-state index in [0.717, 1.165) is 29.9 Å². The van der Waals surface area contributed by atoms with Crippen molar-refractivity contribution in [3.05, 3.63) is 23.7 Å². The van der Waals surface area contributed by atoms with Crippen LogP contribution in [0.15, 0.2) is 16.5 Å². The minimum atomic E-state index is 0.397. The molecule has 1 aliphatic carbocycles. The van der Waals surface area contributed by atoms with Crippen LogP contribution in [-0.2, 0) is 0 Å². The van der Waals surface area contributed by atoms with Crippen LogP contribution in [0.5, 0.6) is 0 Å². The molecule has 1 N–H and O–H groups in total. The Morgan fingerprint density at radius 3 is 2.39 bits per heavy atom. The fourth-order valence-electron chi connectivity index (χ4n) is 3.62. The molecule has 0 amide bonds. The molecular weight excluding hydrogens is 222 g/mol. The lowest BCUT2D eigenvalue weighted by molar-refractivity contribution is 0.165. The maximum atomic E-state index is 5.86. The average molecular weight is 249 g/mol. The Bertz CT molecular complexity index is 361. The predicted molar refractivity (Wildman–Crippen MR) is 75.5 cm³/mol. The predicted octanol–water partition coefficient (Wildman–Crippen LogP) is 4.31. The van der Waals surface area contributed by atoms with Gasteiger partial charge in [-0.05, 0) is 62.6 Å². The number of hydrogen-bond donors (Lipinski definition) is 1. The second-order valence-corrected chi connectivity index (χ2v) is 6.16. The molecule has 0 saturated heterocycles. The van der Waals surface area contributed by atoms with Gasteiger partial charge in [0.25, 0.3) is 0 Å². The van der Waals surface area contributed by atoms with E-state index < -0.39 is 0 Å². The molecule has 0 aliphatic heterocycles. The second-order valence-electron chi connectivity index (χ2n) is 6.16. The molecule has 3 unspecified atom stereocenters. The molecule has 2 nitrogen and oxygen atoms in total. The summed E-state index contributed by atoms with van der Waals surface area (Å²) in [4.78, 5) is 0. The molecule has 3 atom stereocenters. The maximum absolute atomic E-state index is 5.86. The first-order valence-electron chi connectivity index (χ1n) is 7.39. The van der Waals surface area contributed by atoms with E-state index in [1.807, 2.05) is 6.92 Å². The highest BCUT2D eigenvalue weighted by Gasteiger charge is 2.31. The molecule has 0 spiro atoms. The van der Waals surface area contributed by atoms with Crippen LogP contribution in [0, 0.1) is 24.7 Å². The number of nitrogens with one attached hydrogen (secondary N) is 1. The van der Waals surface area contributed by atoms with E-state index in [9.17, 15) is 0 Å². The van der Waals surface area contributed by atoms with Gasteiger partial charge in [0.15, 0.2) is 0 Å². The molecule has 1 fully saturated rings. The topological polar surface area (TPSA) is 25.2 Å². The van der Waals surface area contributed by atoms with Gasteiger partial charge in [0.2, 0.25) is 0 Å². The Morgan fingerprint density at radius 2 is 1.89 bits per heavy atom. The molecule has 1 saturated carbocycles.